The predicted molar refractivity (Wildman–Crippen MR) is 72.7 cm³/mol. The molecule has 0 aliphatic heterocycles. The van der Waals surface area contributed by atoms with Gasteiger partial charge in [-0.15, -0.1) is 0 Å². The van der Waals surface area contributed by atoms with E-state index in [1.165, 1.54) is 11.1 Å². The minimum atomic E-state index is -0.427. The van der Waals surface area contributed by atoms with Gasteiger partial charge in [0.15, 0.2) is 0 Å². The zero-order chi connectivity index (χ0) is 12.9. The van der Waals surface area contributed by atoms with Crippen LogP contribution in [0, 0.1) is 6.92 Å². The fraction of sp³-hybridized carbons (Fsp3) is 0.533. The third-order valence-corrected chi connectivity index (χ3v) is 3.81. The van der Waals surface area contributed by atoms with E-state index in [0.29, 0.717) is 6.04 Å². The lowest BCUT2D eigenvalue weighted by atomic mass is 10.1. The lowest BCUT2D eigenvalue weighted by Gasteiger charge is -2.11. The molecule has 1 aromatic heterocycles. The molecular formula is C15H20N2O. The van der Waals surface area contributed by atoms with E-state index in [9.17, 15) is 5.11 Å². The summed E-state index contributed by atoms with van der Waals surface area (Å²) in [5.74, 6) is 1.06. The molecule has 1 fully saturated rings. The normalized spacial score (nSPS) is 17.6. The summed E-state index contributed by atoms with van der Waals surface area (Å²) in [4.78, 5) is 4.63. The maximum absolute atomic E-state index is 9.98. The van der Waals surface area contributed by atoms with E-state index in [0.717, 1.165) is 30.6 Å². The zero-order valence-electron chi connectivity index (χ0n) is 11.3. The molecule has 0 radical (unpaired) electrons. The highest BCUT2D eigenvalue weighted by Crippen LogP contribution is 2.38. The number of aromatic nitrogens is 2. The van der Waals surface area contributed by atoms with E-state index < -0.39 is 5.60 Å². The van der Waals surface area contributed by atoms with Gasteiger partial charge in [0, 0.05) is 12.5 Å². The van der Waals surface area contributed by atoms with Crippen LogP contribution in [-0.4, -0.2) is 20.3 Å². The Labute approximate surface area is 107 Å². The summed E-state index contributed by atoms with van der Waals surface area (Å²) < 4.78 is 2.25. The number of nitrogens with zero attached hydrogens (tertiary/aromatic N) is 2. The predicted octanol–water partition coefficient (Wildman–Crippen LogP) is 2.99. The summed E-state index contributed by atoms with van der Waals surface area (Å²) in [6.07, 6.45) is 2.63. The van der Waals surface area contributed by atoms with Crippen molar-refractivity contribution < 1.29 is 5.11 Å². The van der Waals surface area contributed by atoms with E-state index in [1.807, 2.05) is 6.92 Å². The second-order valence-corrected chi connectivity index (χ2v) is 5.85. The first-order valence-electron chi connectivity index (χ1n) is 6.68. The molecule has 0 atom stereocenters. The summed E-state index contributed by atoms with van der Waals surface area (Å²) in [5.41, 5.74) is 3.00. The first-order chi connectivity index (χ1) is 8.48. The van der Waals surface area contributed by atoms with Crippen LogP contribution in [-0.2, 0) is 6.42 Å². The molecule has 1 aliphatic rings. The van der Waals surface area contributed by atoms with Crippen LogP contribution >= 0.6 is 0 Å². The van der Waals surface area contributed by atoms with Crippen molar-refractivity contribution in [2.75, 3.05) is 0 Å². The number of benzene rings is 1. The molecule has 1 saturated carbocycles. The van der Waals surface area contributed by atoms with Gasteiger partial charge in [0.2, 0.25) is 0 Å². The second-order valence-electron chi connectivity index (χ2n) is 5.85. The van der Waals surface area contributed by atoms with Crippen LogP contribution in [0.15, 0.2) is 18.2 Å². The molecule has 3 nitrogen and oxygen atoms in total. The largest absolute Gasteiger partial charge is 0.390 e. The first-order valence-corrected chi connectivity index (χ1v) is 6.68. The zero-order valence-corrected chi connectivity index (χ0v) is 11.3. The Balaban J connectivity index is 2.02. The van der Waals surface area contributed by atoms with Gasteiger partial charge in [-0.25, -0.2) is 4.98 Å². The van der Waals surface area contributed by atoms with Crippen molar-refractivity contribution in [3.8, 4) is 0 Å². The Morgan fingerprint density at radius 3 is 2.72 bits per heavy atom. The molecule has 2 aromatic rings. The molecule has 0 unspecified atom stereocenters. The smallest absolute Gasteiger partial charge is 0.106 e. The molecular weight excluding hydrogens is 224 g/mol. The maximum atomic E-state index is 9.98. The lowest BCUT2D eigenvalue weighted by molar-refractivity contribution is 0.151. The number of aliphatic hydroxyl groups is 1. The number of hydrogen-bond acceptors (Lipinski definition) is 2. The maximum Gasteiger partial charge on any atom is 0.106 e. The van der Waals surface area contributed by atoms with Gasteiger partial charge in [-0.1, -0.05) is 6.07 Å². The molecule has 1 heterocycles. The van der Waals surface area contributed by atoms with Crippen LogP contribution in [0.2, 0.25) is 0 Å². The van der Waals surface area contributed by atoms with Crippen LogP contribution in [0.25, 0.3) is 11.0 Å². The third kappa shape index (κ3) is 1.93. The molecule has 3 rings (SSSR count). The van der Waals surface area contributed by atoms with Crippen molar-refractivity contribution in [2.45, 2.75) is 51.7 Å². The Hall–Kier alpha value is -1.35. The molecule has 3 heteroatoms. The van der Waals surface area contributed by atoms with E-state index >= 15 is 0 Å². The highest BCUT2D eigenvalue weighted by molar-refractivity contribution is 5.77. The van der Waals surface area contributed by atoms with Crippen molar-refractivity contribution in [1.82, 2.24) is 9.55 Å². The molecule has 1 aliphatic carbocycles. The molecule has 1 N–H and O–H groups in total. The summed E-state index contributed by atoms with van der Waals surface area (Å²) in [5, 5.41) is 9.98. The average molecular weight is 244 g/mol. The van der Waals surface area contributed by atoms with Crippen molar-refractivity contribution in [2.24, 2.45) is 0 Å². The topological polar surface area (TPSA) is 38.1 Å². The van der Waals surface area contributed by atoms with Crippen molar-refractivity contribution in [3.63, 3.8) is 0 Å². The van der Waals surface area contributed by atoms with Crippen LogP contribution < -0.4 is 0 Å². The highest BCUT2D eigenvalue weighted by Gasteiger charge is 2.40. The first kappa shape index (κ1) is 11.7. The van der Waals surface area contributed by atoms with E-state index in [-0.39, 0.29) is 0 Å². The van der Waals surface area contributed by atoms with Gasteiger partial charge >= 0.3 is 0 Å². The quantitative estimate of drug-likeness (QED) is 0.901. The minimum Gasteiger partial charge on any atom is -0.390 e. The molecule has 1 aromatic carbocycles. The van der Waals surface area contributed by atoms with Gasteiger partial charge < -0.3 is 9.67 Å². The molecule has 0 bridgehead atoms. The van der Waals surface area contributed by atoms with Crippen LogP contribution in [0.1, 0.15) is 44.1 Å². The lowest BCUT2D eigenvalue weighted by Crippen LogP contribution is -2.10. The standard InChI is InChI=1S/C15H20N2O/c1-10(2)17-11(3)16-13-8-12(4-5-14(13)17)9-15(18)6-7-15/h4-5,8,10,18H,6-7,9H2,1-3H3. The van der Waals surface area contributed by atoms with Crippen molar-refractivity contribution in [3.05, 3.63) is 29.6 Å². The van der Waals surface area contributed by atoms with E-state index in [2.05, 4.69) is 41.6 Å². The Kier molecular flexibility index (Phi) is 2.49. The fourth-order valence-electron chi connectivity index (χ4n) is 2.73. The Bertz CT molecular complexity index is 594. The average Bonchev–Trinajstić information content (AvgIpc) is 2.89. The summed E-state index contributed by atoms with van der Waals surface area (Å²) >= 11 is 0. The van der Waals surface area contributed by atoms with E-state index in [4.69, 9.17) is 0 Å². The molecule has 0 amide bonds. The Morgan fingerprint density at radius 1 is 1.39 bits per heavy atom. The van der Waals surface area contributed by atoms with Crippen molar-refractivity contribution in [1.29, 1.82) is 0 Å². The van der Waals surface area contributed by atoms with Gasteiger partial charge in [0.05, 0.1) is 16.6 Å². The number of aryl methyl sites for hydroxylation is 1. The monoisotopic (exact) mass is 244 g/mol. The highest BCUT2D eigenvalue weighted by atomic mass is 16.3. The molecule has 0 spiro atoms. The number of hydrogen-bond donors (Lipinski definition) is 1. The van der Waals surface area contributed by atoms with Gasteiger partial charge in [-0.2, -0.15) is 0 Å². The van der Waals surface area contributed by atoms with Crippen LogP contribution in [0.5, 0.6) is 0 Å². The molecule has 0 saturated heterocycles. The molecule has 18 heavy (non-hydrogen) atoms. The summed E-state index contributed by atoms with van der Waals surface area (Å²) in [7, 11) is 0. The second kappa shape index (κ2) is 3.82. The summed E-state index contributed by atoms with van der Waals surface area (Å²) in [6, 6.07) is 6.81. The summed E-state index contributed by atoms with van der Waals surface area (Å²) in [6.45, 7) is 6.40. The van der Waals surface area contributed by atoms with Gasteiger partial charge in [-0.05, 0) is 51.3 Å². The van der Waals surface area contributed by atoms with Crippen molar-refractivity contribution >= 4 is 11.0 Å². The van der Waals surface area contributed by atoms with Crippen LogP contribution in [0.3, 0.4) is 0 Å². The number of imidazole rings is 1. The number of fused-ring (bicyclic) bond motifs is 1. The third-order valence-electron chi connectivity index (χ3n) is 3.81. The molecule has 96 valence electrons. The van der Waals surface area contributed by atoms with Gasteiger partial charge in [-0.3, -0.25) is 0 Å². The minimum absolute atomic E-state index is 0.425. The Morgan fingerprint density at radius 2 is 2.11 bits per heavy atom. The van der Waals surface area contributed by atoms with Crippen LogP contribution in [0.4, 0.5) is 0 Å². The van der Waals surface area contributed by atoms with Gasteiger partial charge in [0.25, 0.3) is 0 Å². The SMILES string of the molecule is Cc1nc2cc(CC3(O)CC3)ccc2n1C(C)C. The number of rotatable bonds is 3. The van der Waals surface area contributed by atoms with Gasteiger partial charge in [0.1, 0.15) is 5.82 Å². The fourth-order valence-corrected chi connectivity index (χ4v) is 2.73. The van der Waals surface area contributed by atoms with E-state index in [1.54, 1.807) is 0 Å².